The molecule has 1 heterocycles. The molecule has 102 valence electrons. The summed E-state index contributed by atoms with van der Waals surface area (Å²) >= 11 is 0. The number of amides is 1. The first-order valence-corrected chi connectivity index (χ1v) is 6.40. The van der Waals surface area contributed by atoms with Gasteiger partial charge in [-0.3, -0.25) is 4.79 Å². The van der Waals surface area contributed by atoms with Crippen LogP contribution < -0.4 is 4.74 Å². The molecule has 1 amide bonds. The lowest BCUT2D eigenvalue weighted by molar-refractivity contribution is -0.141. The number of aliphatic carboxylic acids is 1. The number of hydrogen-bond acceptors (Lipinski definition) is 3. The highest BCUT2D eigenvalue weighted by Crippen LogP contribution is 2.25. The van der Waals surface area contributed by atoms with Crippen LogP contribution in [0, 0.1) is 0 Å². The van der Waals surface area contributed by atoms with E-state index in [0.717, 1.165) is 6.42 Å². The first-order chi connectivity index (χ1) is 9.15. The topological polar surface area (TPSA) is 66.8 Å². The number of carboxylic acids is 1. The Morgan fingerprint density at radius 2 is 2.16 bits per heavy atom. The van der Waals surface area contributed by atoms with Crippen LogP contribution in [0.1, 0.15) is 30.1 Å². The Kier molecular flexibility index (Phi) is 4.04. The monoisotopic (exact) mass is 263 g/mol. The van der Waals surface area contributed by atoms with Gasteiger partial charge in [0.15, 0.2) is 0 Å². The van der Waals surface area contributed by atoms with Crippen LogP contribution in [0.2, 0.25) is 0 Å². The molecular weight excluding hydrogens is 246 g/mol. The molecular formula is C14H17NO4. The lowest BCUT2D eigenvalue weighted by Gasteiger charge is -2.22. The maximum atomic E-state index is 12.4. The van der Waals surface area contributed by atoms with E-state index in [2.05, 4.69) is 0 Å². The second kappa shape index (κ2) is 5.73. The molecule has 0 spiro atoms. The highest BCUT2D eigenvalue weighted by molar-refractivity contribution is 5.99. The van der Waals surface area contributed by atoms with Crippen molar-refractivity contribution in [1.29, 1.82) is 0 Å². The van der Waals surface area contributed by atoms with Crippen molar-refractivity contribution in [2.75, 3.05) is 13.2 Å². The third kappa shape index (κ3) is 2.70. The number of rotatable bonds is 4. The fourth-order valence-electron chi connectivity index (χ4n) is 2.35. The van der Waals surface area contributed by atoms with Crippen molar-refractivity contribution in [2.24, 2.45) is 0 Å². The molecule has 5 nitrogen and oxygen atoms in total. The van der Waals surface area contributed by atoms with Crippen LogP contribution in [0.5, 0.6) is 5.75 Å². The minimum atomic E-state index is -0.945. The molecule has 1 N–H and O–H groups in total. The average molecular weight is 263 g/mol. The number of nitrogens with zero attached hydrogens (tertiary/aromatic N) is 1. The molecule has 0 bridgehead atoms. The first kappa shape index (κ1) is 13.4. The van der Waals surface area contributed by atoms with Crippen LogP contribution in [0.4, 0.5) is 0 Å². The normalized spacial score (nSPS) is 18.4. The lowest BCUT2D eigenvalue weighted by Crippen LogP contribution is -2.40. The fraction of sp³-hybridized carbons (Fsp3) is 0.429. The van der Waals surface area contributed by atoms with E-state index in [9.17, 15) is 9.59 Å². The minimum Gasteiger partial charge on any atom is -0.493 e. The van der Waals surface area contributed by atoms with Gasteiger partial charge in [0.2, 0.25) is 0 Å². The standard InChI is InChI=1S/C14H17NO4/c1-2-19-12-8-4-3-6-10(12)13(16)15-9-5-7-11(15)14(17)18/h3-4,6,8,11H,2,5,7,9H2,1H3,(H,17,18)/t11-/m0/s1. The average Bonchev–Trinajstić information content (AvgIpc) is 2.88. The largest absolute Gasteiger partial charge is 0.493 e. The number of benzene rings is 1. The molecule has 19 heavy (non-hydrogen) atoms. The van der Waals surface area contributed by atoms with Gasteiger partial charge in [-0.05, 0) is 31.9 Å². The number of carbonyl (C=O) groups excluding carboxylic acids is 1. The number of para-hydroxylation sites is 1. The number of carbonyl (C=O) groups is 2. The van der Waals surface area contributed by atoms with Crippen LogP contribution >= 0.6 is 0 Å². The van der Waals surface area contributed by atoms with Gasteiger partial charge in [0.1, 0.15) is 11.8 Å². The summed E-state index contributed by atoms with van der Waals surface area (Å²) in [5.74, 6) is -0.709. The molecule has 1 aromatic carbocycles. The van der Waals surface area contributed by atoms with Gasteiger partial charge < -0.3 is 14.7 Å². The zero-order chi connectivity index (χ0) is 13.8. The van der Waals surface area contributed by atoms with Gasteiger partial charge in [-0.25, -0.2) is 4.79 Å². The lowest BCUT2D eigenvalue weighted by atomic mass is 10.1. The summed E-state index contributed by atoms with van der Waals surface area (Å²) in [5, 5.41) is 9.13. The third-order valence-electron chi connectivity index (χ3n) is 3.22. The summed E-state index contributed by atoms with van der Waals surface area (Å²) in [7, 11) is 0. The van der Waals surface area contributed by atoms with Crippen LogP contribution in [-0.4, -0.2) is 41.1 Å². The Balaban J connectivity index is 2.26. The van der Waals surface area contributed by atoms with E-state index >= 15 is 0 Å². The van der Waals surface area contributed by atoms with Crippen molar-refractivity contribution in [3.05, 3.63) is 29.8 Å². The van der Waals surface area contributed by atoms with Gasteiger partial charge in [0.05, 0.1) is 12.2 Å². The molecule has 1 fully saturated rings. The van der Waals surface area contributed by atoms with Crippen molar-refractivity contribution >= 4 is 11.9 Å². The van der Waals surface area contributed by atoms with Crippen molar-refractivity contribution in [3.8, 4) is 5.75 Å². The quantitative estimate of drug-likeness (QED) is 0.899. The maximum Gasteiger partial charge on any atom is 0.326 e. The molecule has 0 aromatic heterocycles. The summed E-state index contributed by atoms with van der Waals surface area (Å²) in [4.78, 5) is 25.0. The molecule has 1 atom stereocenters. The molecule has 2 rings (SSSR count). The molecule has 0 unspecified atom stereocenters. The van der Waals surface area contributed by atoms with Gasteiger partial charge in [-0.15, -0.1) is 0 Å². The van der Waals surface area contributed by atoms with Crippen molar-refractivity contribution < 1.29 is 19.4 Å². The Hall–Kier alpha value is -2.04. The van der Waals surface area contributed by atoms with Gasteiger partial charge in [-0.1, -0.05) is 12.1 Å². The smallest absolute Gasteiger partial charge is 0.326 e. The van der Waals surface area contributed by atoms with Crippen LogP contribution in [0.15, 0.2) is 24.3 Å². The van der Waals surface area contributed by atoms with Crippen molar-refractivity contribution in [2.45, 2.75) is 25.8 Å². The number of likely N-dealkylation sites (tertiary alicyclic amines) is 1. The van der Waals surface area contributed by atoms with E-state index in [4.69, 9.17) is 9.84 Å². The third-order valence-corrected chi connectivity index (χ3v) is 3.22. The second-order valence-corrected chi connectivity index (χ2v) is 4.42. The summed E-state index contributed by atoms with van der Waals surface area (Å²) in [6, 6.07) is 6.22. The Bertz CT molecular complexity index is 486. The fourth-order valence-corrected chi connectivity index (χ4v) is 2.35. The summed E-state index contributed by atoms with van der Waals surface area (Å²) in [6.45, 7) is 2.79. The molecule has 5 heteroatoms. The zero-order valence-corrected chi connectivity index (χ0v) is 10.8. The molecule has 1 aliphatic rings. The van der Waals surface area contributed by atoms with Crippen molar-refractivity contribution in [1.82, 2.24) is 4.90 Å². The molecule has 0 saturated carbocycles. The molecule has 1 aromatic rings. The van der Waals surface area contributed by atoms with E-state index < -0.39 is 12.0 Å². The highest BCUT2D eigenvalue weighted by Gasteiger charge is 2.35. The Labute approximate surface area is 111 Å². The van der Waals surface area contributed by atoms with E-state index in [0.29, 0.717) is 30.9 Å². The first-order valence-electron chi connectivity index (χ1n) is 6.40. The SMILES string of the molecule is CCOc1ccccc1C(=O)N1CCC[C@H]1C(=O)O. The molecule has 0 aliphatic carbocycles. The van der Waals surface area contributed by atoms with Gasteiger partial charge >= 0.3 is 5.97 Å². The van der Waals surface area contributed by atoms with Crippen molar-refractivity contribution in [3.63, 3.8) is 0 Å². The van der Waals surface area contributed by atoms with Crippen LogP contribution in [-0.2, 0) is 4.79 Å². The molecule has 1 saturated heterocycles. The Morgan fingerprint density at radius 3 is 2.84 bits per heavy atom. The van der Waals surface area contributed by atoms with Crippen LogP contribution in [0.25, 0.3) is 0 Å². The number of ether oxygens (including phenoxy) is 1. The van der Waals surface area contributed by atoms with E-state index in [1.807, 2.05) is 6.92 Å². The Morgan fingerprint density at radius 1 is 1.42 bits per heavy atom. The van der Waals surface area contributed by atoms with Gasteiger partial charge in [0, 0.05) is 6.54 Å². The second-order valence-electron chi connectivity index (χ2n) is 4.42. The maximum absolute atomic E-state index is 12.4. The predicted molar refractivity (Wildman–Crippen MR) is 69.3 cm³/mol. The molecule has 0 radical (unpaired) electrons. The number of hydrogen-bond donors (Lipinski definition) is 1. The summed E-state index contributed by atoms with van der Waals surface area (Å²) in [6.07, 6.45) is 1.23. The van der Waals surface area contributed by atoms with Crippen LogP contribution in [0.3, 0.4) is 0 Å². The van der Waals surface area contributed by atoms with E-state index in [1.165, 1.54) is 4.90 Å². The van der Waals surface area contributed by atoms with E-state index in [-0.39, 0.29) is 5.91 Å². The highest BCUT2D eigenvalue weighted by atomic mass is 16.5. The van der Waals surface area contributed by atoms with Gasteiger partial charge in [-0.2, -0.15) is 0 Å². The van der Waals surface area contributed by atoms with E-state index in [1.54, 1.807) is 24.3 Å². The predicted octanol–water partition coefficient (Wildman–Crippen LogP) is 1.77. The molecule has 1 aliphatic heterocycles. The zero-order valence-electron chi connectivity index (χ0n) is 10.8. The van der Waals surface area contributed by atoms with Gasteiger partial charge in [0.25, 0.3) is 5.91 Å². The summed E-state index contributed by atoms with van der Waals surface area (Å²) < 4.78 is 5.42. The number of carboxylic acid groups (broad SMARTS) is 1. The minimum absolute atomic E-state index is 0.269. The summed E-state index contributed by atoms with van der Waals surface area (Å²) in [5.41, 5.74) is 0.428.